The van der Waals surface area contributed by atoms with Gasteiger partial charge < -0.3 is 15.4 Å². The normalized spacial score (nSPS) is 16.8. The van der Waals surface area contributed by atoms with E-state index in [2.05, 4.69) is 40.0 Å². The highest BCUT2D eigenvalue weighted by Gasteiger charge is 2.25. The number of urea groups is 1. The van der Waals surface area contributed by atoms with Crippen LogP contribution >= 0.6 is 11.3 Å². The molecule has 0 aliphatic carbocycles. The van der Waals surface area contributed by atoms with Crippen LogP contribution in [0.2, 0.25) is 0 Å². The van der Waals surface area contributed by atoms with Gasteiger partial charge in [-0.15, -0.1) is 11.3 Å². The van der Waals surface area contributed by atoms with Crippen molar-refractivity contribution in [2.75, 3.05) is 32.1 Å². The van der Waals surface area contributed by atoms with Gasteiger partial charge in [0, 0.05) is 11.4 Å². The molecular weight excluding hydrogens is 346 g/mol. The van der Waals surface area contributed by atoms with Gasteiger partial charge >= 0.3 is 6.03 Å². The van der Waals surface area contributed by atoms with E-state index >= 15 is 0 Å². The second kappa shape index (κ2) is 9.05. The van der Waals surface area contributed by atoms with Crippen molar-refractivity contribution in [2.45, 2.75) is 25.8 Å². The second-order valence-electron chi connectivity index (χ2n) is 6.79. The summed E-state index contributed by atoms with van der Waals surface area (Å²) in [6, 6.07) is 11.7. The number of thiophene rings is 1. The van der Waals surface area contributed by atoms with Gasteiger partial charge in [-0.1, -0.05) is 25.1 Å². The lowest BCUT2D eigenvalue weighted by Gasteiger charge is -2.36. The van der Waals surface area contributed by atoms with Crippen molar-refractivity contribution < 1.29 is 9.53 Å². The van der Waals surface area contributed by atoms with Gasteiger partial charge in [0.05, 0.1) is 18.8 Å². The summed E-state index contributed by atoms with van der Waals surface area (Å²) in [5, 5.41) is 8.02. The molecule has 1 fully saturated rings. The number of para-hydroxylation sites is 2. The smallest absolute Gasteiger partial charge is 0.319 e. The first-order chi connectivity index (χ1) is 12.7. The minimum absolute atomic E-state index is 0.207. The lowest BCUT2D eigenvalue weighted by molar-refractivity contribution is 0.138. The first-order valence-electron chi connectivity index (χ1n) is 9.12. The molecule has 5 nitrogen and oxygen atoms in total. The molecule has 1 saturated heterocycles. The summed E-state index contributed by atoms with van der Waals surface area (Å²) in [5.41, 5.74) is 0.673. The quantitative estimate of drug-likeness (QED) is 0.791. The van der Waals surface area contributed by atoms with Crippen LogP contribution in [-0.4, -0.2) is 37.7 Å². The Labute approximate surface area is 159 Å². The highest BCUT2D eigenvalue weighted by atomic mass is 32.1. The Morgan fingerprint density at radius 2 is 2.04 bits per heavy atom. The number of benzene rings is 1. The van der Waals surface area contributed by atoms with Crippen molar-refractivity contribution in [3.63, 3.8) is 0 Å². The summed E-state index contributed by atoms with van der Waals surface area (Å²) < 4.78 is 5.29. The number of likely N-dealkylation sites (tertiary alicyclic amines) is 1. The molecule has 0 bridgehead atoms. The summed E-state index contributed by atoms with van der Waals surface area (Å²) in [4.78, 5) is 16.2. The van der Waals surface area contributed by atoms with Gasteiger partial charge in [-0.2, -0.15) is 0 Å². The summed E-state index contributed by atoms with van der Waals surface area (Å²) in [6.07, 6.45) is 2.44. The van der Waals surface area contributed by atoms with Crippen LogP contribution in [0.15, 0.2) is 41.8 Å². The van der Waals surface area contributed by atoms with Crippen molar-refractivity contribution in [1.29, 1.82) is 0 Å². The van der Waals surface area contributed by atoms with Gasteiger partial charge in [0.2, 0.25) is 0 Å². The lowest BCUT2D eigenvalue weighted by Crippen LogP contribution is -2.42. The van der Waals surface area contributed by atoms with Crippen molar-refractivity contribution >= 4 is 23.1 Å². The molecule has 1 aromatic carbocycles. The van der Waals surface area contributed by atoms with E-state index in [1.807, 2.05) is 24.3 Å². The molecule has 0 saturated carbocycles. The Balaban J connectivity index is 1.61. The zero-order chi connectivity index (χ0) is 18.4. The Morgan fingerprint density at radius 1 is 1.27 bits per heavy atom. The number of piperidine rings is 1. The molecule has 6 heteroatoms. The Kier molecular flexibility index (Phi) is 6.52. The third-order valence-electron chi connectivity index (χ3n) is 4.94. The maximum absolute atomic E-state index is 12.4. The molecule has 2 aromatic rings. The zero-order valence-electron chi connectivity index (χ0n) is 15.4. The molecule has 0 spiro atoms. The summed E-state index contributed by atoms with van der Waals surface area (Å²) in [5.74, 6) is 1.44. The Bertz CT molecular complexity index is 697. The van der Waals surface area contributed by atoms with Gasteiger partial charge in [-0.3, -0.25) is 4.90 Å². The predicted octanol–water partition coefficient (Wildman–Crippen LogP) is 4.35. The number of nitrogens with one attached hydrogen (secondary N) is 2. The van der Waals surface area contributed by atoms with E-state index in [0.717, 1.165) is 19.0 Å². The second-order valence-corrected chi connectivity index (χ2v) is 7.76. The van der Waals surface area contributed by atoms with E-state index in [9.17, 15) is 4.79 Å². The minimum atomic E-state index is -0.207. The number of ether oxygens (including phenoxy) is 1. The van der Waals surface area contributed by atoms with Crippen LogP contribution < -0.4 is 15.4 Å². The Hall–Kier alpha value is -2.05. The van der Waals surface area contributed by atoms with Crippen LogP contribution in [0.25, 0.3) is 0 Å². The fourth-order valence-corrected chi connectivity index (χ4v) is 4.20. The molecule has 2 N–H and O–H groups in total. The standard InChI is InChI=1S/C20H27N3O2S/c1-15-9-11-23(12-10-15)17(19-8-5-13-26-19)14-21-20(24)22-16-6-3-4-7-18(16)25-2/h3-8,13,15,17H,9-12,14H2,1-2H3,(H2,21,22,24). The van der Waals surface area contributed by atoms with E-state index < -0.39 is 0 Å². The van der Waals surface area contributed by atoms with E-state index in [0.29, 0.717) is 18.0 Å². The molecule has 0 radical (unpaired) electrons. The van der Waals surface area contributed by atoms with Gasteiger partial charge in [0.25, 0.3) is 0 Å². The van der Waals surface area contributed by atoms with Crippen molar-refractivity contribution in [3.8, 4) is 5.75 Å². The number of hydrogen-bond acceptors (Lipinski definition) is 4. The highest BCUT2D eigenvalue weighted by molar-refractivity contribution is 7.10. The summed E-state index contributed by atoms with van der Waals surface area (Å²) >= 11 is 1.75. The largest absolute Gasteiger partial charge is 0.495 e. The number of hydrogen-bond donors (Lipinski definition) is 2. The van der Waals surface area contributed by atoms with Crippen LogP contribution in [0, 0.1) is 5.92 Å². The predicted molar refractivity (Wildman–Crippen MR) is 107 cm³/mol. The molecule has 26 heavy (non-hydrogen) atoms. The third kappa shape index (κ3) is 4.77. The lowest BCUT2D eigenvalue weighted by atomic mass is 9.97. The number of carbonyl (C=O) groups excluding carboxylic acids is 1. The number of methoxy groups -OCH3 is 1. The molecule has 1 unspecified atom stereocenters. The molecular formula is C20H27N3O2S. The SMILES string of the molecule is COc1ccccc1NC(=O)NCC(c1cccs1)N1CCC(C)CC1. The molecule has 1 aliphatic rings. The Morgan fingerprint density at radius 3 is 2.73 bits per heavy atom. The van der Waals surface area contributed by atoms with E-state index in [1.165, 1.54) is 17.7 Å². The topological polar surface area (TPSA) is 53.6 Å². The molecule has 1 aliphatic heterocycles. The number of carbonyl (C=O) groups is 1. The van der Waals surface area contributed by atoms with Crippen molar-refractivity contribution in [3.05, 3.63) is 46.7 Å². The minimum Gasteiger partial charge on any atom is -0.495 e. The van der Waals surface area contributed by atoms with Crippen LogP contribution in [0.4, 0.5) is 10.5 Å². The average molecular weight is 374 g/mol. The monoisotopic (exact) mass is 373 g/mol. The summed E-state index contributed by atoms with van der Waals surface area (Å²) in [6.45, 7) is 5.07. The van der Waals surface area contributed by atoms with Gasteiger partial charge in [-0.05, 0) is 55.4 Å². The number of amides is 2. The van der Waals surface area contributed by atoms with Crippen LogP contribution in [0.3, 0.4) is 0 Å². The van der Waals surface area contributed by atoms with Gasteiger partial charge in [-0.25, -0.2) is 4.79 Å². The average Bonchev–Trinajstić information content (AvgIpc) is 3.18. The molecule has 1 atom stereocenters. The van der Waals surface area contributed by atoms with Crippen LogP contribution in [0.1, 0.15) is 30.7 Å². The van der Waals surface area contributed by atoms with E-state index in [1.54, 1.807) is 18.4 Å². The van der Waals surface area contributed by atoms with E-state index in [4.69, 9.17) is 4.74 Å². The maximum Gasteiger partial charge on any atom is 0.319 e. The zero-order valence-corrected chi connectivity index (χ0v) is 16.2. The van der Waals surface area contributed by atoms with Gasteiger partial charge in [0.15, 0.2) is 0 Å². The van der Waals surface area contributed by atoms with Crippen molar-refractivity contribution in [1.82, 2.24) is 10.2 Å². The maximum atomic E-state index is 12.4. The molecule has 140 valence electrons. The number of nitrogens with zero attached hydrogens (tertiary/aromatic N) is 1. The van der Waals surface area contributed by atoms with Crippen LogP contribution in [0.5, 0.6) is 5.75 Å². The number of rotatable bonds is 6. The number of anilines is 1. The van der Waals surface area contributed by atoms with Crippen molar-refractivity contribution in [2.24, 2.45) is 5.92 Å². The molecule has 1 aromatic heterocycles. The van der Waals surface area contributed by atoms with E-state index in [-0.39, 0.29) is 12.1 Å². The first-order valence-corrected chi connectivity index (χ1v) is 10.0. The highest BCUT2D eigenvalue weighted by Crippen LogP contribution is 2.29. The van der Waals surface area contributed by atoms with Crippen LogP contribution in [-0.2, 0) is 0 Å². The fraction of sp³-hybridized carbons (Fsp3) is 0.450. The molecule has 3 rings (SSSR count). The fourth-order valence-electron chi connectivity index (χ4n) is 3.33. The summed E-state index contributed by atoms with van der Waals surface area (Å²) in [7, 11) is 1.60. The first kappa shape index (κ1) is 18.7. The molecule has 2 heterocycles. The molecule has 2 amide bonds. The third-order valence-corrected chi connectivity index (χ3v) is 5.92. The van der Waals surface area contributed by atoms with Gasteiger partial charge in [0.1, 0.15) is 5.75 Å².